The third-order valence-corrected chi connectivity index (χ3v) is 1.94. The Morgan fingerprint density at radius 2 is 2.20 bits per heavy atom. The van der Waals surface area contributed by atoms with E-state index >= 15 is 0 Å². The molecule has 0 amide bonds. The summed E-state index contributed by atoms with van der Waals surface area (Å²) in [5.41, 5.74) is -0.294. The molecule has 0 saturated heterocycles. The van der Waals surface area contributed by atoms with Crippen molar-refractivity contribution in [3.8, 4) is 6.07 Å². The first kappa shape index (κ1) is 11.3. The fourth-order valence-electron chi connectivity index (χ4n) is 1.14. The van der Waals surface area contributed by atoms with Crippen LogP contribution in [-0.4, -0.2) is 5.78 Å². The average Bonchev–Trinajstić information content (AvgIpc) is 2.21. The molecular formula is C11H9F2NO. The van der Waals surface area contributed by atoms with E-state index in [4.69, 9.17) is 5.26 Å². The topological polar surface area (TPSA) is 40.9 Å². The maximum Gasteiger partial charge on any atom is 0.167 e. The van der Waals surface area contributed by atoms with Crippen LogP contribution in [0.15, 0.2) is 18.2 Å². The number of benzene rings is 1. The van der Waals surface area contributed by atoms with Gasteiger partial charge in [-0.2, -0.15) is 5.26 Å². The zero-order valence-corrected chi connectivity index (χ0v) is 8.13. The Morgan fingerprint density at radius 1 is 1.53 bits per heavy atom. The predicted octanol–water partition coefficient (Wildman–Crippen LogP) is 2.70. The summed E-state index contributed by atoms with van der Waals surface area (Å²) in [7, 11) is 0. The van der Waals surface area contributed by atoms with E-state index in [-0.39, 0.29) is 12.0 Å². The molecule has 0 N–H and O–H groups in total. The molecule has 0 aliphatic carbocycles. The van der Waals surface area contributed by atoms with Crippen molar-refractivity contribution in [1.82, 2.24) is 0 Å². The van der Waals surface area contributed by atoms with Gasteiger partial charge in [-0.3, -0.25) is 4.79 Å². The molecule has 15 heavy (non-hydrogen) atoms. The van der Waals surface area contributed by atoms with Crippen molar-refractivity contribution >= 4 is 5.78 Å². The van der Waals surface area contributed by atoms with Gasteiger partial charge in [-0.1, -0.05) is 0 Å². The van der Waals surface area contributed by atoms with E-state index in [0.29, 0.717) is 0 Å². The number of carbonyl (C=O) groups excluding carboxylic acids is 1. The van der Waals surface area contributed by atoms with Gasteiger partial charge in [0.05, 0.1) is 17.6 Å². The molecule has 0 fully saturated rings. The van der Waals surface area contributed by atoms with Crippen molar-refractivity contribution in [2.24, 2.45) is 5.92 Å². The molecule has 1 atom stereocenters. The van der Waals surface area contributed by atoms with Gasteiger partial charge in [-0.05, 0) is 25.1 Å². The van der Waals surface area contributed by atoms with E-state index < -0.39 is 23.3 Å². The van der Waals surface area contributed by atoms with Crippen molar-refractivity contribution < 1.29 is 13.6 Å². The average molecular weight is 209 g/mol. The quantitative estimate of drug-likeness (QED) is 0.718. The highest BCUT2D eigenvalue weighted by Crippen LogP contribution is 2.14. The number of nitriles is 1. The van der Waals surface area contributed by atoms with Gasteiger partial charge in [0.2, 0.25) is 0 Å². The summed E-state index contributed by atoms with van der Waals surface area (Å²) in [6, 6.07) is 4.56. The highest BCUT2D eigenvalue weighted by molar-refractivity contribution is 5.96. The summed E-state index contributed by atoms with van der Waals surface area (Å²) in [6.07, 6.45) is -0.100. The van der Waals surface area contributed by atoms with Crippen LogP contribution in [-0.2, 0) is 0 Å². The monoisotopic (exact) mass is 209 g/mol. The minimum Gasteiger partial charge on any atom is -0.294 e. The van der Waals surface area contributed by atoms with E-state index in [1.807, 2.05) is 6.07 Å². The van der Waals surface area contributed by atoms with Crippen LogP contribution >= 0.6 is 0 Å². The number of hydrogen-bond donors (Lipinski definition) is 0. The molecule has 78 valence electrons. The number of nitrogens with zero attached hydrogens (tertiary/aromatic N) is 1. The molecule has 0 saturated carbocycles. The second-order valence-electron chi connectivity index (χ2n) is 3.28. The van der Waals surface area contributed by atoms with Gasteiger partial charge >= 0.3 is 0 Å². The molecule has 0 bridgehead atoms. The van der Waals surface area contributed by atoms with E-state index in [1.165, 1.54) is 0 Å². The largest absolute Gasteiger partial charge is 0.294 e. The third kappa shape index (κ3) is 2.84. The minimum atomic E-state index is -0.758. The Kier molecular flexibility index (Phi) is 3.51. The van der Waals surface area contributed by atoms with E-state index in [1.54, 1.807) is 6.92 Å². The molecule has 1 aromatic rings. The number of halogens is 2. The van der Waals surface area contributed by atoms with Gasteiger partial charge in [0.1, 0.15) is 11.6 Å². The minimum absolute atomic E-state index is 0.100. The van der Waals surface area contributed by atoms with Crippen LogP contribution in [0.1, 0.15) is 23.7 Å². The Hall–Kier alpha value is -1.76. The van der Waals surface area contributed by atoms with Crippen LogP contribution in [0.5, 0.6) is 0 Å². The van der Waals surface area contributed by atoms with Gasteiger partial charge < -0.3 is 0 Å². The molecule has 0 aromatic heterocycles. The maximum absolute atomic E-state index is 13.1. The predicted molar refractivity (Wildman–Crippen MR) is 50.1 cm³/mol. The molecule has 0 aliphatic rings. The Balaban J connectivity index is 2.92. The molecule has 0 spiro atoms. The van der Waals surface area contributed by atoms with Crippen molar-refractivity contribution in [1.29, 1.82) is 5.26 Å². The molecule has 0 radical (unpaired) electrons. The van der Waals surface area contributed by atoms with Crippen LogP contribution in [0.3, 0.4) is 0 Å². The molecule has 0 aliphatic heterocycles. The van der Waals surface area contributed by atoms with Crippen LogP contribution in [0.25, 0.3) is 0 Å². The van der Waals surface area contributed by atoms with E-state index in [2.05, 4.69) is 0 Å². The zero-order valence-electron chi connectivity index (χ0n) is 8.13. The summed E-state index contributed by atoms with van der Waals surface area (Å²) >= 11 is 0. The van der Waals surface area contributed by atoms with Gasteiger partial charge in [0.25, 0.3) is 0 Å². The number of carbonyl (C=O) groups is 1. The summed E-state index contributed by atoms with van der Waals surface area (Å²) in [5, 5.41) is 8.48. The summed E-state index contributed by atoms with van der Waals surface area (Å²) in [6.45, 7) is 1.55. The number of hydrogen-bond acceptors (Lipinski definition) is 2. The zero-order chi connectivity index (χ0) is 11.4. The van der Waals surface area contributed by atoms with Crippen LogP contribution in [0.4, 0.5) is 8.78 Å². The summed E-state index contributed by atoms with van der Waals surface area (Å²) in [4.78, 5) is 11.4. The highest BCUT2D eigenvalue weighted by Gasteiger charge is 2.15. The lowest BCUT2D eigenvalue weighted by molar-refractivity contribution is 0.0968. The molecule has 4 heteroatoms. The first-order chi connectivity index (χ1) is 7.04. The van der Waals surface area contributed by atoms with E-state index in [9.17, 15) is 13.6 Å². The van der Waals surface area contributed by atoms with Crippen LogP contribution < -0.4 is 0 Å². The fraction of sp³-hybridized carbons (Fsp3) is 0.273. The van der Waals surface area contributed by atoms with Crippen LogP contribution in [0, 0.1) is 28.9 Å². The Labute approximate surface area is 86.1 Å². The smallest absolute Gasteiger partial charge is 0.167 e. The van der Waals surface area contributed by atoms with E-state index in [0.717, 1.165) is 18.2 Å². The van der Waals surface area contributed by atoms with Crippen molar-refractivity contribution in [3.05, 3.63) is 35.4 Å². The molecule has 0 heterocycles. The first-order valence-corrected chi connectivity index (χ1v) is 4.42. The molecule has 1 unspecified atom stereocenters. The Bertz CT molecular complexity index is 423. The second kappa shape index (κ2) is 4.65. The molecular weight excluding hydrogens is 200 g/mol. The standard InChI is InChI=1S/C11H9F2NO/c1-7(6-14)4-11(15)9-5-8(12)2-3-10(9)13/h2-3,5,7H,4H2,1H3. The number of Topliss-reactive ketones (excluding diaryl/α,β-unsaturated/α-hetero) is 1. The highest BCUT2D eigenvalue weighted by atomic mass is 19.1. The third-order valence-electron chi connectivity index (χ3n) is 1.94. The number of ketones is 1. The van der Waals surface area contributed by atoms with Crippen LogP contribution in [0.2, 0.25) is 0 Å². The lowest BCUT2D eigenvalue weighted by Gasteiger charge is -2.03. The normalized spacial score (nSPS) is 11.9. The van der Waals surface area contributed by atoms with Gasteiger partial charge in [0, 0.05) is 6.42 Å². The lowest BCUT2D eigenvalue weighted by Crippen LogP contribution is -2.07. The first-order valence-electron chi connectivity index (χ1n) is 4.42. The second-order valence-corrected chi connectivity index (χ2v) is 3.28. The number of rotatable bonds is 3. The van der Waals surface area contributed by atoms with Gasteiger partial charge in [-0.25, -0.2) is 8.78 Å². The van der Waals surface area contributed by atoms with Gasteiger partial charge in [-0.15, -0.1) is 0 Å². The van der Waals surface area contributed by atoms with Crippen molar-refractivity contribution in [3.63, 3.8) is 0 Å². The summed E-state index contributed by atoms with van der Waals surface area (Å²) in [5.74, 6) is -2.47. The lowest BCUT2D eigenvalue weighted by atomic mass is 10.0. The van der Waals surface area contributed by atoms with Gasteiger partial charge in [0.15, 0.2) is 5.78 Å². The molecule has 2 nitrogen and oxygen atoms in total. The van der Waals surface area contributed by atoms with Crippen molar-refractivity contribution in [2.75, 3.05) is 0 Å². The van der Waals surface area contributed by atoms with Crippen molar-refractivity contribution in [2.45, 2.75) is 13.3 Å². The summed E-state index contributed by atoms with van der Waals surface area (Å²) < 4.78 is 25.8. The molecule has 1 rings (SSSR count). The SMILES string of the molecule is CC(C#N)CC(=O)c1cc(F)ccc1F. The molecule has 1 aromatic carbocycles. The fourth-order valence-corrected chi connectivity index (χ4v) is 1.14. The maximum atomic E-state index is 13.1. The Morgan fingerprint density at radius 3 is 2.80 bits per heavy atom.